The molecule has 2 N–H and O–H groups in total. The minimum atomic E-state index is -0.839. The summed E-state index contributed by atoms with van der Waals surface area (Å²) in [6.45, 7) is 11.6. The number of fused-ring (bicyclic) bond motifs is 1. The normalized spacial score (nSPS) is 23.2. The molecule has 10 nitrogen and oxygen atoms in total. The zero-order chi connectivity index (χ0) is 32.7. The number of amides is 1. The Morgan fingerprint density at radius 1 is 1.04 bits per heavy atom. The quantitative estimate of drug-likeness (QED) is 0.390. The van der Waals surface area contributed by atoms with Crippen molar-refractivity contribution in [2.24, 2.45) is 5.92 Å². The minimum absolute atomic E-state index is 0.124. The van der Waals surface area contributed by atoms with Crippen LogP contribution in [0.3, 0.4) is 0 Å². The standard InChI is InChI=1S/C36H48N6O4/c1-22-18-23(2)39-35(44)30(22)21-38-34(43)28-20-29(25-12-13-37-31(19-25)42-16-14-41(7)15-17-42)33-32(24(28)3)45-36(4,46-33)26-8-10-27(11-9-26)40(5)6/h12-13,18-20,26-27H,8-11,14-17,21H2,1-7H3,(H,38,43)(H,39,44). The molecule has 2 aromatic heterocycles. The van der Waals surface area contributed by atoms with Crippen molar-refractivity contribution >= 4 is 11.7 Å². The van der Waals surface area contributed by atoms with Gasteiger partial charge in [0.25, 0.3) is 17.3 Å². The summed E-state index contributed by atoms with van der Waals surface area (Å²) >= 11 is 0. The molecule has 10 heteroatoms. The average Bonchev–Trinajstić information content (AvgIpc) is 3.40. The fourth-order valence-electron chi connectivity index (χ4n) is 7.28. The Labute approximate surface area is 272 Å². The van der Waals surface area contributed by atoms with Crippen LogP contribution in [0.2, 0.25) is 0 Å². The molecule has 4 heterocycles. The lowest BCUT2D eigenvalue weighted by Gasteiger charge is -2.39. The molecule has 6 rings (SSSR count). The zero-order valence-corrected chi connectivity index (χ0v) is 28.3. The van der Waals surface area contributed by atoms with E-state index in [1.807, 2.05) is 52.1 Å². The third-order valence-corrected chi connectivity index (χ3v) is 10.3. The number of likely N-dealkylation sites (N-methyl/N-ethyl adjacent to an activating group) is 1. The van der Waals surface area contributed by atoms with E-state index in [1.165, 1.54) is 0 Å². The lowest BCUT2D eigenvalue weighted by atomic mass is 9.81. The average molecular weight is 629 g/mol. The zero-order valence-electron chi connectivity index (χ0n) is 28.3. The highest BCUT2D eigenvalue weighted by Gasteiger charge is 2.47. The maximum atomic E-state index is 13.9. The lowest BCUT2D eigenvalue weighted by Crippen LogP contribution is -2.46. The number of H-pyrrole nitrogens is 1. The molecule has 2 aliphatic heterocycles. The number of carbonyl (C=O) groups excluding carboxylic acids is 1. The second-order valence-electron chi connectivity index (χ2n) is 13.8. The predicted octanol–water partition coefficient (Wildman–Crippen LogP) is 4.65. The molecule has 0 spiro atoms. The highest BCUT2D eigenvalue weighted by atomic mass is 16.7. The van der Waals surface area contributed by atoms with Crippen molar-refractivity contribution in [1.82, 2.24) is 25.1 Å². The van der Waals surface area contributed by atoms with E-state index in [1.54, 1.807) is 0 Å². The van der Waals surface area contributed by atoms with Gasteiger partial charge in [0, 0.05) is 85.8 Å². The smallest absolute Gasteiger partial charge is 0.253 e. The van der Waals surface area contributed by atoms with Crippen molar-refractivity contribution in [1.29, 1.82) is 0 Å². The third-order valence-electron chi connectivity index (χ3n) is 10.3. The van der Waals surface area contributed by atoms with Crippen LogP contribution in [0.25, 0.3) is 11.1 Å². The Kier molecular flexibility index (Phi) is 8.87. The molecule has 3 aliphatic rings. The summed E-state index contributed by atoms with van der Waals surface area (Å²) in [7, 11) is 6.43. The Hall–Kier alpha value is -3.89. The molecule has 0 bridgehead atoms. The monoisotopic (exact) mass is 628 g/mol. The lowest BCUT2D eigenvalue weighted by molar-refractivity contribution is -0.123. The third kappa shape index (κ3) is 6.25. The van der Waals surface area contributed by atoms with Crippen molar-refractivity contribution in [3.8, 4) is 22.6 Å². The number of piperazine rings is 1. The van der Waals surface area contributed by atoms with E-state index in [9.17, 15) is 9.59 Å². The van der Waals surface area contributed by atoms with Gasteiger partial charge in [-0.3, -0.25) is 9.59 Å². The Morgan fingerprint density at radius 2 is 1.74 bits per heavy atom. The van der Waals surface area contributed by atoms with Gasteiger partial charge in [-0.05, 0) is 103 Å². The molecular weight excluding hydrogens is 580 g/mol. The minimum Gasteiger partial charge on any atom is -0.448 e. The maximum absolute atomic E-state index is 13.9. The van der Waals surface area contributed by atoms with Gasteiger partial charge < -0.3 is 34.5 Å². The number of benzene rings is 1. The first-order valence-electron chi connectivity index (χ1n) is 16.5. The van der Waals surface area contributed by atoms with Crippen LogP contribution >= 0.6 is 0 Å². The van der Waals surface area contributed by atoms with Gasteiger partial charge in [-0.15, -0.1) is 0 Å². The molecule has 46 heavy (non-hydrogen) atoms. The molecule has 1 saturated heterocycles. The van der Waals surface area contributed by atoms with E-state index in [2.05, 4.69) is 52.2 Å². The van der Waals surface area contributed by atoms with E-state index in [-0.39, 0.29) is 23.9 Å². The van der Waals surface area contributed by atoms with Crippen molar-refractivity contribution in [2.45, 2.75) is 71.8 Å². The van der Waals surface area contributed by atoms with Gasteiger partial charge in [0.2, 0.25) is 0 Å². The van der Waals surface area contributed by atoms with E-state index < -0.39 is 5.79 Å². The van der Waals surface area contributed by atoms with Crippen LogP contribution in [-0.4, -0.2) is 84.8 Å². The Morgan fingerprint density at radius 3 is 2.41 bits per heavy atom. The molecule has 2 fully saturated rings. The van der Waals surface area contributed by atoms with Crippen molar-refractivity contribution in [3.63, 3.8) is 0 Å². The molecule has 1 aliphatic carbocycles. The number of hydrogen-bond acceptors (Lipinski definition) is 8. The van der Waals surface area contributed by atoms with Crippen LogP contribution in [0, 0.1) is 26.7 Å². The second kappa shape index (κ2) is 12.7. The summed E-state index contributed by atoms with van der Waals surface area (Å²) in [5, 5.41) is 3.01. The van der Waals surface area contributed by atoms with Crippen LogP contribution in [0.1, 0.15) is 65.3 Å². The van der Waals surface area contributed by atoms with Crippen LogP contribution in [0.15, 0.2) is 35.3 Å². The summed E-state index contributed by atoms with van der Waals surface area (Å²) in [6.07, 6.45) is 6.02. The highest BCUT2D eigenvalue weighted by Crippen LogP contribution is 2.53. The number of aromatic amines is 1. The number of hydrogen-bond donors (Lipinski definition) is 2. The first kappa shape index (κ1) is 32.1. The largest absolute Gasteiger partial charge is 0.448 e. The fourth-order valence-corrected chi connectivity index (χ4v) is 7.28. The molecular formula is C36H48N6O4. The molecule has 1 unspecified atom stereocenters. The van der Waals surface area contributed by atoms with Crippen LogP contribution in [0.5, 0.6) is 11.5 Å². The van der Waals surface area contributed by atoms with Gasteiger partial charge in [0.1, 0.15) is 5.82 Å². The molecule has 1 atom stereocenters. The molecule has 246 valence electrons. The van der Waals surface area contributed by atoms with Crippen LogP contribution < -0.4 is 25.2 Å². The number of pyridine rings is 2. The van der Waals surface area contributed by atoms with Crippen LogP contribution in [0.4, 0.5) is 5.82 Å². The first-order valence-corrected chi connectivity index (χ1v) is 16.5. The Bertz CT molecular complexity index is 1670. The number of aromatic nitrogens is 2. The molecule has 1 aromatic carbocycles. The second-order valence-corrected chi connectivity index (χ2v) is 13.8. The molecule has 0 radical (unpaired) electrons. The Balaban J connectivity index is 1.36. The first-order chi connectivity index (χ1) is 21.9. The van der Waals surface area contributed by atoms with Gasteiger partial charge in [-0.25, -0.2) is 4.98 Å². The summed E-state index contributed by atoms with van der Waals surface area (Å²) < 4.78 is 13.6. The maximum Gasteiger partial charge on any atom is 0.253 e. The SMILES string of the molecule is Cc1cc(C)c(CNC(=O)c2cc(-c3ccnc(N4CCN(C)CC4)c3)c3c(c2C)OC(C)(C2CCC(N(C)C)CC2)O3)c(=O)[nH]1. The number of anilines is 1. The predicted molar refractivity (Wildman–Crippen MR) is 181 cm³/mol. The van der Waals surface area contributed by atoms with Gasteiger partial charge in [0.15, 0.2) is 11.5 Å². The molecule has 3 aromatic rings. The van der Waals surface area contributed by atoms with Crippen molar-refractivity contribution in [3.05, 3.63) is 68.8 Å². The summed E-state index contributed by atoms with van der Waals surface area (Å²) in [6, 6.07) is 8.46. The van der Waals surface area contributed by atoms with Gasteiger partial charge in [-0.1, -0.05) is 0 Å². The van der Waals surface area contributed by atoms with Gasteiger partial charge >= 0.3 is 0 Å². The van der Waals surface area contributed by atoms with E-state index >= 15 is 0 Å². The fraction of sp³-hybridized carbons (Fsp3) is 0.528. The van der Waals surface area contributed by atoms with Crippen molar-refractivity contribution in [2.75, 3.05) is 52.2 Å². The van der Waals surface area contributed by atoms with Gasteiger partial charge in [-0.2, -0.15) is 0 Å². The topological polar surface area (TPSA) is 103 Å². The van der Waals surface area contributed by atoms with Gasteiger partial charge in [0.05, 0.1) is 0 Å². The number of ether oxygens (including phenoxy) is 2. The van der Waals surface area contributed by atoms with Crippen LogP contribution in [-0.2, 0) is 6.54 Å². The summed E-state index contributed by atoms with van der Waals surface area (Å²) in [5.74, 6) is 1.31. The highest BCUT2D eigenvalue weighted by molar-refractivity contribution is 5.99. The number of nitrogens with one attached hydrogen (secondary N) is 2. The van der Waals surface area contributed by atoms with E-state index in [0.717, 1.165) is 85.6 Å². The molecule has 1 saturated carbocycles. The summed E-state index contributed by atoms with van der Waals surface area (Å²) in [4.78, 5) is 41.0. The number of nitrogens with zero attached hydrogens (tertiary/aromatic N) is 4. The van der Waals surface area contributed by atoms with E-state index in [4.69, 9.17) is 14.5 Å². The number of aryl methyl sites for hydroxylation is 2. The summed E-state index contributed by atoms with van der Waals surface area (Å²) in [5.41, 5.74) is 4.95. The van der Waals surface area contributed by atoms with Crippen molar-refractivity contribution < 1.29 is 14.3 Å². The number of carbonyl (C=O) groups is 1. The number of rotatable bonds is 7. The van der Waals surface area contributed by atoms with E-state index in [0.29, 0.717) is 28.7 Å². The molecule has 1 amide bonds.